The van der Waals surface area contributed by atoms with Gasteiger partial charge in [0.2, 0.25) is 0 Å². The van der Waals surface area contributed by atoms with Crippen molar-refractivity contribution in [2.45, 2.75) is 0 Å². The number of aromatic nitrogens is 3. The van der Waals surface area contributed by atoms with Gasteiger partial charge in [0.1, 0.15) is 11.8 Å². The van der Waals surface area contributed by atoms with E-state index in [0.717, 1.165) is 0 Å². The maximum absolute atomic E-state index is 10.7. The minimum Gasteiger partial charge on any atom is -0.477 e. The zero-order valence-electron chi connectivity index (χ0n) is 6.91. The van der Waals surface area contributed by atoms with Crippen molar-refractivity contribution in [3.63, 3.8) is 0 Å². The molecule has 0 fully saturated rings. The van der Waals surface area contributed by atoms with Crippen molar-refractivity contribution in [2.24, 2.45) is 0 Å². The Kier molecular flexibility index (Phi) is 2.57. The maximum atomic E-state index is 10.7. The lowest BCUT2D eigenvalue weighted by atomic mass is 10.4. The quantitative estimate of drug-likeness (QED) is 0.718. The van der Waals surface area contributed by atoms with E-state index in [2.05, 4.69) is 10.1 Å². The third kappa shape index (κ3) is 1.35. The van der Waals surface area contributed by atoms with Crippen LogP contribution in [0.25, 0.3) is 5.52 Å². The third-order valence-electron chi connectivity index (χ3n) is 1.70. The number of anilines is 1. The predicted molar refractivity (Wildman–Crippen MR) is 51.6 cm³/mol. The monoisotopic (exact) mass is 214 g/mol. The first-order valence-electron chi connectivity index (χ1n) is 3.51. The van der Waals surface area contributed by atoms with Crippen LogP contribution >= 0.6 is 12.4 Å². The number of hydrogen-bond acceptors (Lipinski definition) is 4. The highest BCUT2D eigenvalue weighted by Crippen LogP contribution is 2.12. The molecule has 0 radical (unpaired) electrons. The smallest absolute Gasteiger partial charge is 0.354 e. The van der Waals surface area contributed by atoms with Crippen molar-refractivity contribution in [1.82, 2.24) is 14.6 Å². The molecule has 0 spiro atoms. The van der Waals surface area contributed by atoms with E-state index < -0.39 is 5.97 Å². The van der Waals surface area contributed by atoms with Crippen molar-refractivity contribution in [1.29, 1.82) is 0 Å². The molecule has 0 saturated carbocycles. The zero-order valence-corrected chi connectivity index (χ0v) is 7.73. The summed E-state index contributed by atoms with van der Waals surface area (Å²) in [6, 6.07) is 3.00. The van der Waals surface area contributed by atoms with Crippen LogP contribution in [-0.2, 0) is 0 Å². The average Bonchev–Trinajstić information content (AvgIpc) is 2.48. The normalized spacial score (nSPS) is 9.71. The summed E-state index contributed by atoms with van der Waals surface area (Å²) in [4.78, 5) is 14.4. The van der Waals surface area contributed by atoms with E-state index in [9.17, 15) is 4.79 Å². The number of rotatable bonds is 1. The number of nitrogens with zero attached hydrogens (tertiary/aromatic N) is 3. The summed E-state index contributed by atoms with van der Waals surface area (Å²) in [6.45, 7) is 0. The number of fused-ring (bicyclic) bond motifs is 1. The molecule has 6 nitrogen and oxygen atoms in total. The molecular weight excluding hydrogens is 208 g/mol. The van der Waals surface area contributed by atoms with Crippen LogP contribution in [0.4, 0.5) is 5.82 Å². The summed E-state index contributed by atoms with van der Waals surface area (Å²) < 4.78 is 1.24. The molecule has 0 bridgehead atoms. The van der Waals surface area contributed by atoms with E-state index in [1.165, 1.54) is 16.9 Å². The number of hydrogen-bond donors (Lipinski definition) is 2. The molecule has 0 unspecified atom stereocenters. The van der Waals surface area contributed by atoms with E-state index in [0.29, 0.717) is 5.52 Å². The van der Waals surface area contributed by atoms with Crippen molar-refractivity contribution >= 4 is 29.7 Å². The summed E-state index contributed by atoms with van der Waals surface area (Å²) in [5.74, 6) is -0.777. The average molecular weight is 215 g/mol. The fraction of sp³-hybridized carbons (Fsp3) is 0. The Hall–Kier alpha value is -1.82. The molecule has 14 heavy (non-hydrogen) atoms. The molecule has 0 aliphatic carbocycles. The third-order valence-corrected chi connectivity index (χ3v) is 1.70. The second kappa shape index (κ2) is 3.51. The lowest BCUT2D eigenvalue weighted by molar-refractivity contribution is 0.0688. The van der Waals surface area contributed by atoms with Gasteiger partial charge in [-0.25, -0.2) is 14.3 Å². The number of nitrogen functional groups attached to an aromatic ring is 1. The molecule has 0 amide bonds. The van der Waals surface area contributed by atoms with Crippen LogP contribution in [-0.4, -0.2) is 25.7 Å². The van der Waals surface area contributed by atoms with Crippen molar-refractivity contribution in [2.75, 3.05) is 5.73 Å². The molecule has 2 aromatic heterocycles. The van der Waals surface area contributed by atoms with Gasteiger partial charge >= 0.3 is 5.97 Å². The minimum atomic E-state index is -1.04. The highest BCUT2D eigenvalue weighted by atomic mass is 35.5. The number of nitrogens with two attached hydrogens (primary N) is 1. The van der Waals surface area contributed by atoms with Crippen LogP contribution in [0.15, 0.2) is 18.5 Å². The Morgan fingerprint density at radius 2 is 2.21 bits per heavy atom. The number of halogens is 1. The summed E-state index contributed by atoms with van der Waals surface area (Å²) in [5, 5.41) is 12.5. The van der Waals surface area contributed by atoms with Gasteiger partial charge in [-0.15, -0.1) is 12.4 Å². The Morgan fingerprint density at radius 3 is 2.86 bits per heavy atom. The molecule has 2 aromatic rings. The predicted octanol–water partition coefficient (Wildman–Crippen LogP) is 0.432. The standard InChI is InChI=1S/C7H6N4O2.ClH/c8-6-4-1-2-5(7(12)13)11(4)10-3-9-6;/h1-3H,(H,12,13)(H2,8,9,10);1H. The maximum Gasteiger partial charge on any atom is 0.354 e. The van der Waals surface area contributed by atoms with Gasteiger partial charge in [0.15, 0.2) is 11.5 Å². The first kappa shape index (κ1) is 10.3. The van der Waals surface area contributed by atoms with Crippen LogP contribution in [0, 0.1) is 0 Å². The van der Waals surface area contributed by atoms with Gasteiger partial charge in [-0.05, 0) is 12.1 Å². The summed E-state index contributed by atoms with van der Waals surface area (Å²) in [6.07, 6.45) is 1.22. The van der Waals surface area contributed by atoms with Crippen molar-refractivity contribution < 1.29 is 9.90 Å². The van der Waals surface area contributed by atoms with Crippen LogP contribution < -0.4 is 5.73 Å². The van der Waals surface area contributed by atoms with Crippen LogP contribution in [0.2, 0.25) is 0 Å². The Balaban J connectivity index is 0.000000980. The Bertz CT molecular complexity index is 481. The Morgan fingerprint density at radius 1 is 1.50 bits per heavy atom. The van der Waals surface area contributed by atoms with E-state index in [1.54, 1.807) is 6.07 Å². The summed E-state index contributed by atoms with van der Waals surface area (Å²) in [5.41, 5.74) is 6.08. The van der Waals surface area contributed by atoms with Crippen LogP contribution in [0.3, 0.4) is 0 Å². The lowest BCUT2D eigenvalue weighted by Gasteiger charge is -1.97. The first-order valence-corrected chi connectivity index (χ1v) is 3.51. The molecule has 2 rings (SSSR count). The lowest BCUT2D eigenvalue weighted by Crippen LogP contribution is -2.06. The number of carboxylic acid groups (broad SMARTS) is 1. The molecule has 0 saturated heterocycles. The van der Waals surface area contributed by atoms with Gasteiger partial charge in [0.25, 0.3) is 0 Å². The van der Waals surface area contributed by atoms with Gasteiger partial charge in [0, 0.05) is 0 Å². The van der Waals surface area contributed by atoms with Gasteiger partial charge in [-0.1, -0.05) is 0 Å². The minimum absolute atomic E-state index is 0. The zero-order chi connectivity index (χ0) is 9.42. The molecule has 0 aromatic carbocycles. The number of carboxylic acids is 1. The van der Waals surface area contributed by atoms with Crippen molar-refractivity contribution in [3.05, 3.63) is 24.2 Å². The molecule has 74 valence electrons. The topological polar surface area (TPSA) is 93.5 Å². The fourth-order valence-corrected chi connectivity index (χ4v) is 1.11. The first-order chi connectivity index (χ1) is 6.20. The van der Waals surface area contributed by atoms with Crippen molar-refractivity contribution in [3.8, 4) is 0 Å². The van der Waals surface area contributed by atoms with Crippen LogP contribution in [0.1, 0.15) is 10.5 Å². The highest BCUT2D eigenvalue weighted by Gasteiger charge is 2.11. The van der Waals surface area contributed by atoms with Gasteiger partial charge in [0.05, 0.1) is 0 Å². The van der Waals surface area contributed by atoms with E-state index >= 15 is 0 Å². The Labute approximate surface area is 84.8 Å². The summed E-state index contributed by atoms with van der Waals surface area (Å²) in [7, 11) is 0. The second-order valence-corrected chi connectivity index (χ2v) is 2.47. The fourth-order valence-electron chi connectivity index (χ4n) is 1.11. The number of aromatic carboxylic acids is 1. The number of carbonyl (C=O) groups is 1. The SMILES string of the molecule is Cl.Nc1ncnn2c(C(=O)O)ccc12. The van der Waals surface area contributed by atoms with E-state index in [1.807, 2.05) is 0 Å². The molecule has 7 heteroatoms. The van der Waals surface area contributed by atoms with Crippen LogP contribution in [0.5, 0.6) is 0 Å². The molecular formula is C7H7ClN4O2. The molecule has 0 aliphatic rings. The van der Waals surface area contributed by atoms with E-state index in [-0.39, 0.29) is 23.9 Å². The molecule has 3 N–H and O–H groups in total. The van der Waals surface area contributed by atoms with E-state index in [4.69, 9.17) is 10.8 Å². The molecule has 2 heterocycles. The van der Waals surface area contributed by atoms with Gasteiger partial charge < -0.3 is 10.8 Å². The summed E-state index contributed by atoms with van der Waals surface area (Å²) >= 11 is 0. The molecule has 0 atom stereocenters. The second-order valence-electron chi connectivity index (χ2n) is 2.47. The van der Waals surface area contributed by atoms with Gasteiger partial charge in [-0.2, -0.15) is 5.10 Å². The molecule has 0 aliphatic heterocycles. The largest absolute Gasteiger partial charge is 0.477 e. The van der Waals surface area contributed by atoms with Gasteiger partial charge in [-0.3, -0.25) is 0 Å². The highest BCUT2D eigenvalue weighted by molar-refractivity contribution is 5.88.